The predicted molar refractivity (Wildman–Crippen MR) is 116 cm³/mol. The molecule has 2 amide bonds. The van der Waals surface area contributed by atoms with Crippen LogP contribution in [0.5, 0.6) is 5.75 Å². The van der Waals surface area contributed by atoms with E-state index in [4.69, 9.17) is 9.72 Å². The zero-order valence-electron chi connectivity index (χ0n) is 17.9. The molecule has 0 saturated heterocycles. The number of aromatic nitrogens is 2. The molecule has 1 aromatic heterocycles. The molecule has 3 aliphatic heterocycles. The maximum absolute atomic E-state index is 13.1. The topological polar surface area (TPSA) is 67.7 Å². The van der Waals surface area contributed by atoms with Gasteiger partial charge in [0.25, 0.3) is 0 Å². The molecule has 7 heteroatoms. The Morgan fingerprint density at radius 1 is 1.13 bits per heavy atom. The van der Waals surface area contributed by atoms with Crippen molar-refractivity contribution < 1.29 is 14.3 Å². The van der Waals surface area contributed by atoms with Gasteiger partial charge in [-0.1, -0.05) is 24.3 Å². The van der Waals surface area contributed by atoms with Crippen LogP contribution in [0, 0.1) is 0 Å². The van der Waals surface area contributed by atoms with E-state index in [9.17, 15) is 9.59 Å². The summed E-state index contributed by atoms with van der Waals surface area (Å²) in [6.45, 7) is 5.51. The van der Waals surface area contributed by atoms with E-state index < -0.39 is 0 Å². The third-order valence-corrected chi connectivity index (χ3v) is 6.43. The average Bonchev–Trinajstić information content (AvgIpc) is 3.44. The maximum Gasteiger partial charge on any atom is 0.229 e. The molecule has 0 fully saturated rings. The Balaban J connectivity index is 1.26. The summed E-state index contributed by atoms with van der Waals surface area (Å²) in [5.41, 5.74) is 3.00. The lowest BCUT2D eigenvalue weighted by Crippen LogP contribution is -2.41. The van der Waals surface area contributed by atoms with Crippen LogP contribution in [0.4, 0.5) is 0 Å². The molecule has 1 aromatic carbocycles. The predicted octanol–water partition coefficient (Wildman–Crippen LogP) is 2.29. The van der Waals surface area contributed by atoms with Crippen molar-refractivity contribution in [3.63, 3.8) is 0 Å². The molecule has 3 aliphatic rings. The summed E-state index contributed by atoms with van der Waals surface area (Å²) in [6.07, 6.45) is 8.71. The summed E-state index contributed by atoms with van der Waals surface area (Å²) in [5, 5.41) is 0. The SMILES string of the molecule is CC1c2nc(CC(=O)N3CC=CC3)cn2CCN1C(=O)Cc1ccc2c(c1)CCCO2. The van der Waals surface area contributed by atoms with Gasteiger partial charge in [-0.05, 0) is 37.0 Å². The Bertz CT molecular complexity index is 1030. The first-order chi connectivity index (χ1) is 15.1. The van der Waals surface area contributed by atoms with Gasteiger partial charge in [0.05, 0.1) is 31.2 Å². The van der Waals surface area contributed by atoms with Crippen molar-refractivity contribution in [3.8, 4) is 5.75 Å². The van der Waals surface area contributed by atoms with Gasteiger partial charge in [0.2, 0.25) is 11.8 Å². The molecule has 0 aliphatic carbocycles. The van der Waals surface area contributed by atoms with E-state index in [2.05, 4.69) is 10.6 Å². The quantitative estimate of drug-likeness (QED) is 0.712. The summed E-state index contributed by atoms with van der Waals surface area (Å²) >= 11 is 0. The van der Waals surface area contributed by atoms with Crippen LogP contribution in [0.3, 0.4) is 0 Å². The summed E-state index contributed by atoms with van der Waals surface area (Å²) in [6, 6.07) is 5.98. The molecule has 4 heterocycles. The number of aryl methyl sites for hydroxylation is 1. The van der Waals surface area contributed by atoms with Crippen LogP contribution in [-0.4, -0.2) is 57.4 Å². The molecular weight excluding hydrogens is 392 g/mol. The van der Waals surface area contributed by atoms with Crippen molar-refractivity contribution in [2.24, 2.45) is 0 Å². The second-order valence-electron chi connectivity index (χ2n) is 8.56. The highest BCUT2D eigenvalue weighted by molar-refractivity contribution is 5.80. The number of hydrogen-bond acceptors (Lipinski definition) is 4. The molecular formula is C24H28N4O3. The Morgan fingerprint density at radius 2 is 1.97 bits per heavy atom. The monoisotopic (exact) mass is 420 g/mol. The number of carbonyl (C=O) groups excluding carboxylic acids is 2. The summed E-state index contributed by atoms with van der Waals surface area (Å²) in [7, 11) is 0. The number of benzene rings is 1. The molecule has 0 spiro atoms. The molecule has 1 atom stereocenters. The van der Waals surface area contributed by atoms with E-state index in [0.29, 0.717) is 39.0 Å². The first-order valence-corrected chi connectivity index (χ1v) is 11.1. The van der Waals surface area contributed by atoms with Gasteiger partial charge in [-0.15, -0.1) is 0 Å². The lowest BCUT2D eigenvalue weighted by atomic mass is 10.0. The van der Waals surface area contributed by atoms with Crippen LogP contribution in [-0.2, 0) is 35.4 Å². The number of amides is 2. The molecule has 162 valence electrons. The highest BCUT2D eigenvalue weighted by Gasteiger charge is 2.30. The molecule has 31 heavy (non-hydrogen) atoms. The molecule has 0 saturated carbocycles. The highest BCUT2D eigenvalue weighted by Crippen LogP contribution is 2.28. The largest absolute Gasteiger partial charge is 0.493 e. The summed E-state index contributed by atoms with van der Waals surface area (Å²) < 4.78 is 7.77. The van der Waals surface area contributed by atoms with E-state index in [1.165, 1.54) is 5.56 Å². The molecule has 0 radical (unpaired) electrons. The fraction of sp³-hybridized carbons (Fsp3) is 0.458. The summed E-state index contributed by atoms with van der Waals surface area (Å²) in [5.74, 6) is 2.01. The second-order valence-corrected chi connectivity index (χ2v) is 8.56. The minimum absolute atomic E-state index is 0.0948. The van der Waals surface area contributed by atoms with E-state index in [-0.39, 0.29) is 17.9 Å². The number of carbonyl (C=O) groups is 2. The zero-order valence-corrected chi connectivity index (χ0v) is 17.9. The first-order valence-electron chi connectivity index (χ1n) is 11.1. The van der Waals surface area contributed by atoms with Gasteiger partial charge in [0.15, 0.2) is 0 Å². The smallest absolute Gasteiger partial charge is 0.229 e. The van der Waals surface area contributed by atoms with Crippen LogP contribution >= 0.6 is 0 Å². The molecule has 5 rings (SSSR count). The van der Waals surface area contributed by atoms with Crippen LogP contribution in [0.1, 0.15) is 42.0 Å². The number of imidazole rings is 1. The summed E-state index contributed by atoms with van der Waals surface area (Å²) in [4.78, 5) is 34.0. The number of hydrogen-bond donors (Lipinski definition) is 0. The maximum atomic E-state index is 13.1. The van der Waals surface area contributed by atoms with E-state index >= 15 is 0 Å². The Labute approximate surface area is 182 Å². The number of ether oxygens (including phenoxy) is 1. The Kier molecular flexibility index (Phi) is 5.26. The Morgan fingerprint density at radius 3 is 2.81 bits per heavy atom. The number of fused-ring (bicyclic) bond motifs is 2. The molecule has 7 nitrogen and oxygen atoms in total. The van der Waals surface area contributed by atoms with Gasteiger partial charge in [-0.25, -0.2) is 4.98 Å². The fourth-order valence-electron chi connectivity index (χ4n) is 4.72. The normalized spacial score (nSPS) is 19.7. The first kappa shape index (κ1) is 19.8. The third kappa shape index (κ3) is 3.96. The third-order valence-electron chi connectivity index (χ3n) is 6.43. The highest BCUT2D eigenvalue weighted by atomic mass is 16.5. The Hall–Kier alpha value is -3.09. The number of rotatable bonds is 4. The van der Waals surface area contributed by atoms with Crippen LogP contribution in [0.15, 0.2) is 36.5 Å². The van der Waals surface area contributed by atoms with Crippen LogP contribution in [0.25, 0.3) is 0 Å². The van der Waals surface area contributed by atoms with Crippen LogP contribution < -0.4 is 4.74 Å². The lowest BCUT2D eigenvalue weighted by Gasteiger charge is -2.34. The van der Waals surface area contributed by atoms with Crippen molar-refractivity contribution in [1.82, 2.24) is 19.4 Å². The second kappa shape index (κ2) is 8.21. The standard InChI is InChI=1S/C24H28N4O3/c1-17-24-25-20(15-22(29)26-8-2-3-9-26)16-27(24)10-11-28(17)23(30)14-18-6-7-21-19(13-18)5-4-12-31-21/h2-3,6-7,13,16-17H,4-5,8-12,14-15H2,1H3. The van der Waals surface area contributed by atoms with Crippen molar-refractivity contribution in [2.45, 2.75) is 45.2 Å². The van der Waals surface area contributed by atoms with Crippen molar-refractivity contribution in [2.75, 3.05) is 26.2 Å². The lowest BCUT2D eigenvalue weighted by molar-refractivity contribution is -0.134. The minimum Gasteiger partial charge on any atom is -0.493 e. The van der Waals surface area contributed by atoms with E-state index in [1.807, 2.05) is 47.2 Å². The van der Waals surface area contributed by atoms with Gasteiger partial charge >= 0.3 is 0 Å². The zero-order chi connectivity index (χ0) is 21.4. The van der Waals surface area contributed by atoms with Crippen molar-refractivity contribution in [3.05, 3.63) is 59.2 Å². The van der Waals surface area contributed by atoms with Gasteiger partial charge in [0.1, 0.15) is 11.6 Å². The molecule has 1 unspecified atom stereocenters. The van der Waals surface area contributed by atoms with Crippen molar-refractivity contribution >= 4 is 11.8 Å². The van der Waals surface area contributed by atoms with E-state index in [0.717, 1.165) is 42.3 Å². The van der Waals surface area contributed by atoms with Crippen molar-refractivity contribution in [1.29, 1.82) is 0 Å². The average molecular weight is 421 g/mol. The molecule has 2 aromatic rings. The van der Waals surface area contributed by atoms with Gasteiger partial charge in [-0.2, -0.15) is 0 Å². The molecule has 0 N–H and O–H groups in total. The van der Waals surface area contributed by atoms with E-state index in [1.54, 1.807) is 0 Å². The van der Waals surface area contributed by atoms with Gasteiger partial charge < -0.3 is 19.1 Å². The number of nitrogens with zero attached hydrogens (tertiary/aromatic N) is 4. The minimum atomic E-state index is -0.112. The van der Waals surface area contributed by atoms with Gasteiger partial charge in [0, 0.05) is 32.4 Å². The molecule has 0 bridgehead atoms. The van der Waals surface area contributed by atoms with Crippen LogP contribution in [0.2, 0.25) is 0 Å². The van der Waals surface area contributed by atoms with Gasteiger partial charge in [-0.3, -0.25) is 9.59 Å². The fourth-order valence-corrected chi connectivity index (χ4v) is 4.72.